The van der Waals surface area contributed by atoms with Gasteiger partial charge in [-0.1, -0.05) is 275 Å². The lowest BCUT2D eigenvalue weighted by Crippen LogP contribution is -2.45. The summed E-state index contributed by atoms with van der Waals surface area (Å²) < 4.78 is 0. The fourth-order valence-electron chi connectivity index (χ4n) is 8.45. The summed E-state index contributed by atoms with van der Waals surface area (Å²) in [5.74, 6) is -0.0624. The van der Waals surface area contributed by atoms with Crippen molar-refractivity contribution in [2.24, 2.45) is 0 Å². The van der Waals surface area contributed by atoms with Crippen molar-refractivity contribution in [1.82, 2.24) is 5.32 Å². The summed E-state index contributed by atoms with van der Waals surface area (Å²) in [5, 5.41) is 23.0. The molecule has 0 heterocycles. The second-order valence-corrected chi connectivity index (χ2v) is 18.7. The largest absolute Gasteiger partial charge is 0.394 e. The summed E-state index contributed by atoms with van der Waals surface area (Å²) in [7, 11) is 0. The Morgan fingerprint density at radius 1 is 0.400 bits per heavy atom. The first kappa shape index (κ1) is 58.6. The second-order valence-electron chi connectivity index (χ2n) is 18.7. The predicted octanol–water partition coefficient (Wildman–Crippen LogP) is 17.7. The highest BCUT2D eigenvalue weighted by Gasteiger charge is 2.18. The zero-order valence-corrected chi connectivity index (χ0v) is 40.7. The smallest absolute Gasteiger partial charge is 0.220 e. The van der Waals surface area contributed by atoms with Gasteiger partial charge in [-0.2, -0.15) is 0 Å². The van der Waals surface area contributed by atoms with Crippen LogP contribution >= 0.6 is 0 Å². The highest BCUT2D eigenvalue weighted by molar-refractivity contribution is 5.76. The van der Waals surface area contributed by atoms with Crippen LogP contribution in [0.25, 0.3) is 0 Å². The van der Waals surface area contributed by atoms with E-state index < -0.39 is 12.1 Å². The van der Waals surface area contributed by atoms with Gasteiger partial charge < -0.3 is 15.5 Å². The first-order valence-corrected chi connectivity index (χ1v) is 27.2. The third kappa shape index (κ3) is 47.7. The van der Waals surface area contributed by atoms with Crippen LogP contribution in [0.15, 0.2) is 36.5 Å². The Hall–Kier alpha value is -1.39. The number of hydrogen-bond donors (Lipinski definition) is 3. The Morgan fingerprint density at radius 3 is 1.00 bits per heavy atom. The number of nitrogens with one attached hydrogen (secondary N) is 1. The van der Waals surface area contributed by atoms with Crippen LogP contribution in [-0.4, -0.2) is 34.9 Å². The average Bonchev–Trinajstić information content (AvgIpc) is 3.25. The van der Waals surface area contributed by atoms with Gasteiger partial charge >= 0.3 is 0 Å². The molecule has 0 rings (SSSR count). The fraction of sp³-hybridized carbons (Fsp3) is 0.875. The number of aliphatic hydroxyl groups excluding tert-OH is 2. The standard InChI is InChI=1S/C56H107NO3/c1-3-5-7-9-11-13-15-16-17-18-19-20-21-22-23-24-25-26-27-28-29-30-31-32-33-34-35-36-37-38-39-40-42-44-46-48-50-52-56(60)57-54(53-58)55(59)51-49-47-45-43-41-14-12-10-8-6-4-2/h23-24,26-27,49,51,54-55,58-59H,3-22,25,28-48,50,52-53H2,1-2H3,(H,57,60)/b24-23-,27-26-,51-49+. The number of hydrogen-bond acceptors (Lipinski definition) is 3. The average molecular weight is 842 g/mol. The highest BCUT2D eigenvalue weighted by atomic mass is 16.3. The van der Waals surface area contributed by atoms with Gasteiger partial charge in [0.15, 0.2) is 0 Å². The Morgan fingerprint density at radius 2 is 0.683 bits per heavy atom. The molecule has 354 valence electrons. The Labute approximate surface area is 376 Å². The Bertz CT molecular complexity index is 912. The molecule has 0 aromatic rings. The molecule has 60 heavy (non-hydrogen) atoms. The molecule has 0 aliphatic rings. The van der Waals surface area contributed by atoms with Crippen molar-refractivity contribution in [3.8, 4) is 0 Å². The molecule has 0 radical (unpaired) electrons. The third-order valence-electron chi connectivity index (χ3n) is 12.6. The van der Waals surface area contributed by atoms with E-state index in [1.54, 1.807) is 6.08 Å². The lowest BCUT2D eigenvalue weighted by atomic mass is 10.0. The lowest BCUT2D eigenvalue weighted by molar-refractivity contribution is -0.123. The molecule has 1 amide bonds. The molecular formula is C56H107NO3. The van der Waals surface area contributed by atoms with Crippen molar-refractivity contribution in [3.63, 3.8) is 0 Å². The summed E-state index contributed by atoms with van der Waals surface area (Å²) in [6.45, 7) is 4.31. The number of carbonyl (C=O) groups excluding carboxylic acids is 1. The molecule has 0 spiro atoms. The molecular weight excluding hydrogens is 735 g/mol. The quantitative estimate of drug-likeness (QED) is 0.0422. The van der Waals surface area contributed by atoms with Gasteiger partial charge in [-0.3, -0.25) is 4.79 Å². The van der Waals surface area contributed by atoms with Crippen LogP contribution in [0.4, 0.5) is 0 Å². The van der Waals surface area contributed by atoms with Gasteiger partial charge in [0, 0.05) is 6.42 Å². The number of unbranched alkanes of at least 4 members (excludes halogenated alkanes) is 39. The lowest BCUT2D eigenvalue weighted by Gasteiger charge is -2.20. The van der Waals surface area contributed by atoms with Crippen LogP contribution in [-0.2, 0) is 4.79 Å². The zero-order chi connectivity index (χ0) is 43.5. The van der Waals surface area contributed by atoms with Crippen LogP contribution in [0.3, 0.4) is 0 Å². The van der Waals surface area contributed by atoms with Gasteiger partial charge in [0.25, 0.3) is 0 Å². The van der Waals surface area contributed by atoms with E-state index in [-0.39, 0.29) is 12.5 Å². The first-order chi connectivity index (χ1) is 29.7. The number of carbonyl (C=O) groups is 1. The molecule has 4 heteroatoms. The molecule has 0 fully saturated rings. The zero-order valence-electron chi connectivity index (χ0n) is 40.7. The van der Waals surface area contributed by atoms with Crippen LogP contribution in [0.5, 0.6) is 0 Å². The molecule has 0 aliphatic heterocycles. The third-order valence-corrected chi connectivity index (χ3v) is 12.6. The second kappa shape index (κ2) is 52.0. The number of allylic oxidation sites excluding steroid dienone is 5. The van der Waals surface area contributed by atoms with E-state index in [2.05, 4.69) is 43.5 Å². The van der Waals surface area contributed by atoms with E-state index in [4.69, 9.17) is 0 Å². The normalized spacial score (nSPS) is 13.1. The monoisotopic (exact) mass is 842 g/mol. The molecule has 4 nitrogen and oxygen atoms in total. The molecule has 0 aromatic heterocycles. The van der Waals surface area contributed by atoms with Gasteiger partial charge in [-0.15, -0.1) is 0 Å². The van der Waals surface area contributed by atoms with Crippen molar-refractivity contribution in [1.29, 1.82) is 0 Å². The maximum absolute atomic E-state index is 12.4. The van der Waals surface area contributed by atoms with E-state index in [0.29, 0.717) is 6.42 Å². The molecule has 2 unspecified atom stereocenters. The minimum atomic E-state index is -0.836. The van der Waals surface area contributed by atoms with Crippen molar-refractivity contribution in [3.05, 3.63) is 36.5 Å². The number of aliphatic hydroxyl groups is 2. The SMILES string of the molecule is CCCCCCCCCCC/C=C/C(O)C(CO)NC(=O)CCCCCCCCCCCCCCCCCCC/C=C\C/C=C\CCCCCCCCCCCCCCC. The maximum Gasteiger partial charge on any atom is 0.220 e. The Kier molecular flexibility index (Phi) is 50.8. The van der Waals surface area contributed by atoms with Crippen LogP contribution < -0.4 is 5.32 Å². The van der Waals surface area contributed by atoms with Crippen molar-refractivity contribution in [2.75, 3.05) is 6.61 Å². The van der Waals surface area contributed by atoms with Crippen molar-refractivity contribution in [2.45, 2.75) is 309 Å². The molecule has 2 atom stereocenters. The van der Waals surface area contributed by atoms with Gasteiger partial charge in [0.2, 0.25) is 5.91 Å². The van der Waals surface area contributed by atoms with E-state index in [1.165, 1.54) is 244 Å². The molecule has 0 aromatic carbocycles. The van der Waals surface area contributed by atoms with Crippen molar-refractivity contribution < 1.29 is 15.0 Å². The minimum Gasteiger partial charge on any atom is -0.394 e. The summed E-state index contributed by atoms with van der Waals surface area (Å²) in [6.07, 6.45) is 70.3. The Balaban J connectivity index is 3.40. The van der Waals surface area contributed by atoms with Crippen LogP contribution in [0, 0.1) is 0 Å². The van der Waals surface area contributed by atoms with E-state index in [0.717, 1.165) is 32.1 Å². The van der Waals surface area contributed by atoms with Gasteiger partial charge in [-0.05, 0) is 51.4 Å². The first-order valence-electron chi connectivity index (χ1n) is 27.2. The van der Waals surface area contributed by atoms with E-state index in [9.17, 15) is 15.0 Å². The molecule has 0 saturated heterocycles. The number of amides is 1. The van der Waals surface area contributed by atoms with Crippen molar-refractivity contribution >= 4 is 5.91 Å². The molecule has 0 bridgehead atoms. The molecule has 0 aliphatic carbocycles. The van der Waals surface area contributed by atoms with Crippen LogP contribution in [0.1, 0.15) is 296 Å². The maximum atomic E-state index is 12.4. The predicted molar refractivity (Wildman–Crippen MR) is 267 cm³/mol. The highest BCUT2D eigenvalue weighted by Crippen LogP contribution is 2.17. The number of rotatable bonds is 50. The molecule has 0 saturated carbocycles. The van der Waals surface area contributed by atoms with Gasteiger partial charge in [0.1, 0.15) is 0 Å². The van der Waals surface area contributed by atoms with Crippen LogP contribution in [0.2, 0.25) is 0 Å². The summed E-state index contributed by atoms with van der Waals surface area (Å²) >= 11 is 0. The van der Waals surface area contributed by atoms with E-state index >= 15 is 0 Å². The van der Waals surface area contributed by atoms with Gasteiger partial charge in [-0.25, -0.2) is 0 Å². The van der Waals surface area contributed by atoms with E-state index in [1.807, 2.05) is 6.08 Å². The summed E-state index contributed by atoms with van der Waals surface area (Å²) in [6, 6.07) is -0.619. The molecule has 3 N–H and O–H groups in total. The summed E-state index contributed by atoms with van der Waals surface area (Å²) in [4.78, 5) is 12.4. The topological polar surface area (TPSA) is 69.6 Å². The summed E-state index contributed by atoms with van der Waals surface area (Å²) in [5.41, 5.74) is 0. The fourth-order valence-corrected chi connectivity index (χ4v) is 8.45. The minimum absolute atomic E-state index is 0.0624. The van der Waals surface area contributed by atoms with Gasteiger partial charge in [0.05, 0.1) is 18.8 Å².